The summed E-state index contributed by atoms with van der Waals surface area (Å²) in [6.07, 6.45) is 0.876. The quantitative estimate of drug-likeness (QED) is 0.457. The number of nitrogens with one attached hydrogen (secondary N) is 1. The van der Waals surface area contributed by atoms with E-state index in [0.29, 0.717) is 13.2 Å². The van der Waals surface area contributed by atoms with Crippen molar-refractivity contribution >= 4 is 17.7 Å². The van der Waals surface area contributed by atoms with Crippen LogP contribution in [-0.4, -0.2) is 30.5 Å². The maximum atomic E-state index is 10.8. The van der Waals surface area contributed by atoms with Crippen LogP contribution in [0.2, 0.25) is 0 Å². The lowest BCUT2D eigenvalue weighted by atomic mass is 10.2. The van der Waals surface area contributed by atoms with Crippen molar-refractivity contribution in [2.24, 2.45) is 0 Å². The molecule has 0 radical (unpaired) electrons. The highest BCUT2D eigenvalue weighted by Crippen LogP contribution is 2.21. The van der Waals surface area contributed by atoms with E-state index in [1.807, 2.05) is 4.90 Å². The highest BCUT2D eigenvalue weighted by atomic mass is 16.6. The second-order valence-electron chi connectivity index (χ2n) is 3.56. The lowest BCUT2D eigenvalue weighted by Crippen LogP contribution is -2.31. The van der Waals surface area contributed by atoms with Crippen molar-refractivity contribution in [2.75, 3.05) is 18.1 Å². The Balaban J connectivity index is 2.21. The standard InChI is InChI=1S/C10H11N3O3/c14-6-10-5-11-7-12(10)8-1-3-9(4-2-8)13(15)16/h1-4,6,10-11H,5,7H2. The van der Waals surface area contributed by atoms with E-state index in [9.17, 15) is 14.9 Å². The number of hydrogen-bond acceptors (Lipinski definition) is 5. The van der Waals surface area contributed by atoms with Gasteiger partial charge < -0.3 is 9.69 Å². The van der Waals surface area contributed by atoms with Gasteiger partial charge in [0.05, 0.1) is 17.6 Å². The van der Waals surface area contributed by atoms with Crippen LogP contribution in [0.3, 0.4) is 0 Å². The molecule has 6 nitrogen and oxygen atoms in total. The number of aldehydes is 1. The zero-order valence-electron chi connectivity index (χ0n) is 8.50. The fourth-order valence-corrected chi connectivity index (χ4v) is 1.73. The molecule has 1 saturated heterocycles. The highest BCUT2D eigenvalue weighted by Gasteiger charge is 2.23. The number of non-ortho nitro benzene ring substituents is 1. The number of carbonyl (C=O) groups is 1. The predicted molar refractivity (Wildman–Crippen MR) is 58.3 cm³/mol. The molecule has 84 valence electrons. The summed E-state index contributed by atoms with van der Waals surface area (Å²) < 4.78 is 0. The molecule has 1 N–H and O–H groups in total. The molecule has 1 fully saturated rings. The number of nitrogens with zero attached hydrogens (tertiary/aromatic N) is 2. The van der Waals surface area contributed by atoms with Gasteiger partial charge in [-0.25, -0.2) is 0 Å². The zero-order valence-corrected chi connectivity index (χ0v) is 8.50. The molecular formula is C10H11N3O3. The molecule has 1 aliphatic heterocycles. The summed E-state index contributed by atoms with van der Waals surface area (Å²) in [7, 11) is 0. The molecule has 1 aromatic carbocycles. The second-order valence-corrected chi connectivity index (χ2v) is 3.56. The van der Waals surface area contributed by atoms with E-state index >= 15 is 0 Å². The fourth-order valence-electron chi connectivity index (χ4n) is 1.73. The third kappa shape index (κ3) is 1.87. The SMILES string of the molecule is O=CC1CNCN1c1ccc([N+](=O)[O-])cc1. The number of nitro benzene ring substituents is 1. The van der Waals surface area contributed by atoms with E-state index in [1.54, 1.807) is 12.1 Å². The lowest BCUT2D eigenvalue weighted by Gasteiger charge is -2.21. The molecule has 1 aliphatic rings. The minimum atomic E-state index is -0.441. The van der Waals surface area contributed by atoms with Crippen LogP contribution in [0.1, 0.15) is 0 Å². The number of carbonyl (C=O) groups excluding carboxylic acids is 1. The molecule has 0 amide bonds. The maximum Gasteiger partial charge on any atom is 0.269 e. The third-order valence-electron chi connectivity index (χ3n) is 2.59. The van der Waals surface area contributed by atoms with Crippen molar-refractivity contribution in [3.05, 3.63) is 34.4 Å². The van der Waals surface area contributed by atoms with Gasteiger partial charge in [-0.3, -0.25) is 15.4 Å². The van der Waals surface area contributed by atoms with Crippen molar-refractivity contribution in [3.8, 4) is 0 Å². The van der Waals surface area contributed by atoms with Gasteiger partial charge in [-0.05, 0) is 12.1 Å². The molecule has 0 aliphatic carbocycles. The van der Waals surface area contributed by atoms with Crippen LogP contribution in [0.25, 0.3) is 0 Å². The number of rotatable bonds is 3. The van der Waals surface area contributed by atoms with Crippen molar-refractivity contribution in [1.82, 2.24) is 5.32 Å². The average Bonchev–Trinajstić information content (AvgIpc) is 2.77. The first-order valence-electron chi connectivity index (χ1n) is 4.89. The molecule has 0 spiro atoms. The predicted octanol–water partition coefficient (Wildman–Crippen LogP) is 0.529. The van der Waals surface area contributed by atoms with Crippen LogP contribution >= 0.6 is 0 Å². The van der Waals surface area contributed by atoms with Gasteiger partial charge in [-0.2, -0.15) is 0 Å². The molecule has 2 rings (SSSR count). The number of hydrogen-bond donors (Lipinski definition) is 1. The summed E-state index contributed by atoms with van der Waals surface area (Å²) >= 11 is 0. The lowest BCUT2D eigenvalue weighted by molar-refractivity contribution is -0.384. The van der Waals surface area contributed by atoms with E-state index < -0.39 is 4.92 Å². The fraction of sp³-hybridized carbons (Fsp3) is 0.300. The Hall–Kier alpha value is -1.95. The molecule has 0 saturated carbocycles. The second kappa shape index (κ2) is 4.28. The molecule has 1 atom stereocenters. The van der Waals surface area contributed by atoms with Crippen molar-refractivity contribution < 1.29 is 9.72 Å². The maximum absolute atomic E-state index is 10.8. The first-order chi connectivity index (χ1) is 7.72. The Morgan fingerprint density at radius 3 is 2.69 bits per heavy atom. The van der Waals surface area contributed by atoms with Gasteiger partial charge in [0, 0.05) is 24.4 Å². The van der Waals surface area contributed by atoms with Gasteiger partial charge in [-0.15, -0.1) is 0 Å². The summed E-state index contributed by atoms with van der Waals surface area (Å²) in [6, 6.07) is 6.00. The summed E-state index contributed by atoms with van der Waals surface area (Å²) in [5.74, 6) is 0. The number of benzene rings is 1. The normalized spacial score (nSPS) is 19.8. The average molecular weight is 221 g/mol. The molecule has 0 aromatic heterocycles. The molecule has 1 unspecified atom stereocenters. The summed E-state index contributed by atoms with van der Waals surface area (Å²) in [5.41, 5.74) is 0.867. The van der Waals surface area contributed by atoms with Gasteiger partial charge in [0.2, 0.25) is 0 Å². The third-order valence-corrected chi connectivity index (χ3v) is 2.59. The van der Waals surface area contributed by atoms with E-state index in [4.69, 9.17) is 0 Å². The van der Waals surface area contributed by atoms with Crippen LogP contribution in [0.5, 0.6) is 0 Å². The van der Waals surface area contributed by atoms with Crippen LogP contribution in [0.4, 0.5) is 11.4 Å². The van der Waals surface area contributed by atoms with Gasteiger partial charge in [0.1, 0.15) is 6.29 Å². The number of anilines is 1. The molecule has 1 heterocycles. The van der Waals surface area contributed by atoms with Gasteiger partial charge in [0.25, 0.3) is 5.69 Å². The van der Waals surface area contributed by atoms with Crippen molar-refractivity contribution in [1.29, 1.82) is 0 Å². The molecule has 1 aromatic rings. The Bertz CT molecular complexity index is 404. The van der Waals surface area contributed by atoms with Crippen LogP contribution < -0.4 is 10.2 Å². The Morgan fingerprint density at radius 2 is 2.12 bits per heavy atom. The van der Waals surface area contributed by atoms with Gasteiger partial charge in [-0.1, -0.05) is 0 Å². The molecule has 16 heavy (non-hydrogen) atoms. The van der Waals surface area contributed by atoms with Crippen molar-refractivity contribution in [2.45, 2.75) is 6.04 Å². The summed E-state index contributed by atoms with van der Waals surface area (Å²) in [4.78, 5) is 22.7. The molecule has 0 bridgehead atoms. The van der Waals surface area contributed by atoms with Gasteiger partial charge >= 0.3 is 0 Å². The smallest absolute Gasteiger partial charge is 0.269 e. The first-order valence-corrected chi connectivity index (χ1v) is 4.89. The Morgan fingerprint density at radius 1 is 1.44 bits per heavy atom. The molecular weight excluding hydrogens is 210 g/mol. The number of nitro groups is 1. The van der Waals surface area contributed by atoms with Crippen molar-refractivity contribution in [3.63, 3.8) is 0 Å². The van der Waals surface area contributed by atoms with Crippen LogP contribution in [-0.2, 0) is 4.79 Å². The monoisotopic (exact) mass is 221 g/mol. The zero-order chi connectivity index (χ0) is 11.5. The minimum Gasteiger partial charge on any atom is -0.348 e. The van der Waals surface area contributed by atoms with E-state index in [1.165, 1.54) is 12.1 Å². The Labute approximate surface area is 92.0 Å². The van der Waals surface area contributed by atoms with Crippen LogP contribution in [0.15, 0.2) is 24.3 Å². The topological polar surface area (TPSA) is 75.5 Å². The Kier molecular flexibility index (Phi) is 2.82. The summed E-state index contributed by atoms with van der Waals surface area (Å²) in [6.45, 7) is 1.20. The van der Waals surface area contributed by atoms with Gasteiger partial charge in [0.15, 0.2) is 0 Å². The van der Waals surface area contributed by atoms with E-state index in [2.05, 4.69) is 5.32 Å². The largest absolute Gasteiger partial charge is 0.348 e. The summed E-state index contributed by atoms with van der Waals surface area (Å²) in [5, 5.41) is 13.5. The van der Waals surface area contributed by atoms with E-state index in [0.717, 1.165) is 12.0 Å². The first kappa shape index (κ1) is 10.6. The molecule has 6 heteroatoms. The minimum absolute atomic E-state index is 0.0542. The van der Waals surface area contributed by atoms with E-state index in [-0.39, 0.29) is 11.7 Å². The van der Waals surface area contributed by atoms with Crippen LogP contribution in [0, 0.1) is 10.1 Å². The highest BCUT2D eigenvalue weighted by molar-refractivity contribution is 5.68.